The highest BCUT2D eigenvalue weighted by Crippen LogP contribution is 2.43. The van der Waals surface area contributed by atoms with Gasteiger partial charge in [-0.05, 0) is 61.7 Å². The zero-order valence-electron chi connectivity index (χ0n) is 24.1. The Kier molecular flexibility index (Phi) is 9.21. The number of thiophene rings is 1. The molecule has 0 fully saturated rings. The predicted octanol–water partition coefficient (Wildman–Crippen LogP) is 7.02. The van der Waals surface area contributed by atoms with Gasteiger partial charge in [0.1, 0.15) is 0 Å². The van der Waals surface area contributed by atoms with Gasteiger partial charge in [0.25, 0.3) is 0 Å². The summed E-state index contributed by atoms with van der Waals surface area (Å²) in [5, 5.41) is 9.82. The van der Waals surface area contributed by atoms with Crippen molar-refractivity contribution < 1.29 is 0 Å². The molecule has 0 spiro atoms. The van der Waals surface area contributed by atoms with Crippen LogP contribution >= 0.6 is 35.1 Å². The molecule has 212 valence electrons. The number of hydrogen-bond acceptors (Lipinski definition) is 1. The molecule has 1 heterocycles. The van der Waals surface area contributed by atoms with Crippen LogP contribution < -0.4 is 46.4 Å². The van der Waals surface area contributed by atoms with Crippen LogP contribution in [0.5, 0.6) is 0 Å². The van der Waals surface area contributed by atoms with Crippen molar-refractivity contribution in [1.29, 1.82) is 0 Å². The number of hydrogen-bond donors (Lipinski definition) is 0. The molecule has 0 aliphatic rings. The smallest absolute Gasteiger partial charge is 0.0458 e. The Morgan fingerprint density at radius 1 is 0.295 bits per heavy atom. The molecule has 0 aliphatic carbocycles. The Labute approximate surface area is 268 Å². The summed E-state index contributed by atoms with van der Waals surface area (Å²) in [5.41, 5.74) is 0. The standard InChI is InChI=1S/C40H31P3S/c1-7-19-32(20-8-1)41(33-21-9-2-10-22-33)38-31-39(42(34-23-11-3-12-24-34)35-25-13-4-14-26-35)44-40(38)43(36-27-15-5-16-28-36)37-29-17-6-18-30-37/h1-31H. The molecule has 0 aliphatic heterocycles. The van der Waals surface area contributed by atoms with E-state index < -0.39 is 23.8 Å². The second-order valence-electron chi connectivity index (χ2n) is 10.3. The molecule has 4 heteroatoms. The summed E-state index contributed by atoms with van der Waals surface area (Å²) < 4.78 is 2.96. The second-order valence-corrected chi connectivity index (χ2v) is 18.5. The average molecular weight is 637 g/mol. The van der Waals surface area contributed by atoms with Crippen LogP contribution in [-0.2, 0) is 0 Å². The SMILES string of the molecule is c1ccc(P(c2ccccc2)c2cc(P(c3ccccc3)c3ccccc3)c(P(c3ccccc3)c3ccccc3)s2)cc1. The van der Waals surface area contributed by atoms with E-state index in [1.807, 2.05) is 11.3 Å². The van der Waals surface area contributed by atoms with Crippen molar-refractivity contribution in [2.75, 3.05) is 0 Å². The lowest BCUT2D eigenvalue weighted by atomic mass is 10.4. The van der Waals surface area contributed by atoms with Gasteiger partial charge < -0.3 is 0 Å². The highest BCUT2D eigenvalue weighted by molar-refractivity contribution is 7.92. The van der Waals surface area contributed by atoms with Gasteiger partial charge in [-0.2, -0.15) is 0 Å². The first-order valence-corrected chi connectivity index (χ1v) is 19.6. The fourth-order valence-electron chi connectivity index (χ4n) is 5.47. The van der Waals surface area contributed by atoms with Crippen LogP contribution in [-0.4, -0.2) is 0 Å². The lowest BCUT2D eigenvalue weighted by Gasteiger charge is -2.24. The first-order valence-electron chi connectivity index (χ1n) is 14.7. The molecule has 6 aromatic carbocycles. The van der Waals surface area contributed by atoms with Crippen LogP contribution in [0.1, 0.15) is 0 Å². The summed E-state index contributed by atoms with van der Waals surface area (Å²) in [6.07, 6.45) is 0. The van der Waals surface area contributed by atoms with Gasteiger partial charge in [-0.3, -0.25) is 0 Å². The highest BCUT2D eigenvalue weighted by atomic mass is 32.1. The Bertz CT molecular complexity index is 1670. The molecule has 0 atom stereocenters. The maximum absolute atomic E-state index is 2.60. The lowest BCUT2D eigenvalue weighted by molar-refractivity contribution is 1.75. The maximum Gasteiger partial charge on any atom is 0.0458 e. The highest BCUT2D eigenvalue weighted by Gasteiger charge is 2.31. The molecule has 7 rings (SSSR count). The van der Waals surface area contributed by atoms with Crippen LogP contribution in [0.2, 0.25) is 0 Å². The second kappa shape index (κ2) is 13.9. The summed E-state index contributed by atoms with van der Waals surface area (Å²) in [7, 11) is -2.29. The van der Waals surface area contributed by atoms with Crippen LogP contribution in [0.4, 0.5) is 0 Å². The van der Waals surface area contributed by atoms with Gasteiger partial charge in [0.2, 0.25) is 0 Å². The molecule has 0 unspecified atom stereocenters. The van der Waals surface area contributed by atoms with E-state index in [1.54, 1.807) is 0 Å². The topological polar surface area (TPSA) is 0 Å². The Balaban J connectivity index is 1.53. The third kappa shape index (κ3) is 6.26. The van der Waals surface area contributed by atoms with Gasteiger partial charge in [0.15, 0.2) is 0 Å². The summed E-state index contributed by atoms with van der Waals surface area (Å²) in [4.78, 5) is 0. The fourth-order valence-corrected chi connectivity index (χ4v) is 16.2. The first-order chi connectivity index (χ1) is 21.9. The van der Waals surface area contributed by atoms with E-state index >= 15 is 0 Å². The van der Waals surface area contributed by atoms with Crippen LogP contribution in [0.3, 0.4) is 0 Å². The zero-order valence-corrected chi connectivity index (χ0v) is 27.6. The third-order valence-corrected chi connectivity index (χ3v) is 17.1. The van der Waals surface area contributed by atoms with E-state index in [0.29, 0.717) is 0 Å². The molecule has 0 saturated heterocycles. The van der Waals surface area contributed by atoms with E-state index in [1.165, 1.54) is 46.4 Å². The fraction of sp³-hybridized carbons (Fsp3) is 0. The van der Waals surface area contributed by atoms with Gasteiger partial charge in [0.05, 0.1) is 0 Å². The molecule has 0 bridgehead atoms. The van der Waals surface area contributed by atoms with Crippen molar-refractivity contribution in [3.63, 3.8) is 0 Å². The molecule has 7 aromatic rings. The predicted molar refractivity (Wildman–Crippen MR) is 200 cm³/mol. The quantitative estimate of drug-likeness (QED) is 0.150. The molecule has 0 amide bonds. The van der Waals surface area contributed by atoms with Gasteiger partial charge in [-0.25, -0.2) is 0 Å². The Morgan fingerprint density at radius 3 is 0.886 bits per heavy atom. The van der Waals surface area contributed by atoms with Crippen molar-refractivity contribution in [2.24, 2.45) is 0 Å². The van der Waals surface area contributed by atoms with Crippen molar-refractivity contribution >= 4 is 81.5 Å². The molecule has 0 N–H and O–H groups in total. The normalized spacial score (nSPS) is 11.3. The van der Waals surface area contributed by atoms with Gasteiger partial charge in [0, 0.05) is 14.5 Å². The summed E-state index contributed by atoms with van der Waals surface area (Å²) in [6.45, 7) is 0. The number of benzene rings is 6. The number of rotatable bonds is 9. The van der Waals surface area contributed by atoms with Gasteiger partial charge >= 0.3 is 0 Å². The summed E-state index contributed by atoms with van der Waals surface area (Å²) in [5.74, 6) is 0. The van der Waals surface area contributed by atoms with E-state index in [-0.39, 0.29) is 0 Å². The molecule has 0 radical (unpaired) electrons. The van der Waals surface area contributed by atoms with Crippen molar-refractivity contribution in [3.8, 4) is 0 Å². The minimum atomic E-state index is -0.785. The van der Waals surface area contributed by atoms with Crippen molar-refractivity contribution in [2.45, 2.75) is 0 Å². The lowest BCUT2D eigenvalue weighted by Crippen LogP contribution is -2.31. The molecule has 0 nitrogen and oxygen atoms in total. The van der Waals surface area contributed by atoms with Gasteiger partial charge in [-0.1, -0.05) is 182 Å². The van der Waals surface area contributed by atoms with E-state index in [2.05, 4.69) is 188 Å². The van der Waals surface area contributed by atoms with Crippen molar-refractivity contribution in [1.82, 2.24) is 0 Å². The van der Waals surface area contributed by atoms with Gasteiger partial charge in [-0.15, -0.1) is 11.3 Å². The molecular formula is C40H31P3S. The summed E-state index contributed by atoms with van der Waals surface area (Å²) >= 11 is 2.05. The van der Waals surface area contributed by atoms with Crippen LogP contribution in [0, 0.1) is 0 Å². The zero-order chi connectivity index (χ0) is 29.6. The van der Waals surface area contributed by atoms with E-state index in [0.717, 1.165) is 0 Å². The summed E-state index contributed by atoms with van der Waals surface area (Å²) in [6, 6.07) is 69.5. The molecule has 0 saturated carbocycles. The molecule has 44 heavy (non-hydrogen) atoms. The maximum atomic E-state index is 2.60. The van der Waals surface area contributed by atoms with Crippen LogP contribution in [0.25, 0.3) is 0 Å². The monoisotopic (exact) mass is 636 g/mol. The Morgan fingerprint density at radius 2 is 0.568 bits per heavy atom. The van der Waals surface area contributed by atoms with E-state index in [9.17, 15) is 0 Å². The average Bonchev–Trinajstić information content (AvgIpc) is 3.51. The minimum Gasteiger partial charge on any atom is -0.134 e. The molecular weight excluding hydrogens is 605 g/mol. The van der Waals surface area contributed by atoms with E-state index in [4.69, 9.17) is 0 Å². The first kappa shape index (κ1) is 29.0. The van der Waals surface area contributed by atoms with Crippen molar-refractivity contribution in [3.05, 3.63) is 188 Å². The Hall–Kier alpha value is -3.69. The third-order valence-electron chi connectivity index (χ3n) is 7.43. The van der Waals surface area contributed by atoms with Crippen LogP contribution in [0.15, 0.2) is 188 Å². The molecule has 1 aromatic heterocycles. The minimum absolute atomic E-state index is 0.727. The largest absolute Gasteiger partial charge is 0.134 e.